The summed E-state index contributed by atoms with van der Waals surface area (Å²) < 4.78 is 5.44. The van der Waals surface area contributed by atoms with Gasteiger partial charge in [-0.15, -0.1) is 0 Å². The molecule has 35 heavy (non-hydrogen) atoms. The number of alkyl carbamates (subject to hydrolysis) is 1. The molecule has 2 aromatic carbocycles. The van der Waals surface area contributed by atoms with Gasteiger partial charge in [-0.2, -0.15) is 0 Å². The molecule has 2 aromatic rings. The van der Waals surface area contributed by atoms with Crippen LogP contribution in [0.2, 0.25) is 0 Å². The van der Waals surface area contributed by atoms with E-state index in [0.29, 0.717) is 13.1 Å². The van der Waals surface area contributed by atoms with E-state index in [9.17, 15) is 24.3 Å². The van der Waals surface area contributed by atoms with Gasteiger partial charge >= 0.3 is 12.1 Å². The minimum Gasteiger partial charge on any atom is -0.481 e. The van der Waals surface area contributed by atoms with Gasteiger partial charge in [0, 0.05) is 19.0 Å². The molecule has 3 N–H and O–H groups in total. The van der Waals surface area contributed by atoms with Crippen molar-refractivity contribution in [2.75, 3.05) is 19.7 Å². The van der Waals surface area contributed by atoms with Crippen LogP contribution in [-0.4, -0.2) is 65.7 Å². The Kier molecular flexibility index (Phi) is 7.33. The summed E-state index contributed by atoms with van der Waals surface area (Å²) in [6.07, 6.45) is 0.293. The zero-order valence-electron chi connectivity index (χ0n) is 19.5. The number of fused-ring (bicyclic) bond motifs is 3. The molecule has 1 fully saturated rings. The molecule has 0 radical (unpaired) electrons. The Labute approximate surface area is 203 Å². The van der Waals surface area contributed by atoms with Crippen LogP contribution < -0.4 is 10.6 Å². The molecule has 1 saturated heterocycles. The SMILES string of the molecule is CC(NC(=O)C(CC(=O)O)NC(=O)OCC1c2ccccc2-c2ccccc21)C(=O)N1CCCC1. The summed E-state index contributed by atoms with van der Waals surface area (Å²) in [4.78, 5) is 50.7. The monoisotopic (exact) mass is 479 g/mol. The van der Waals surface area contributed by atoms with E-state index in [4.69, 9.17) is 4.74 Å². The number of nitrogens with one attached hydrogen (secondary N) is 2. The molecule has 0 spiro atoms. The van der Waals surface area contributed by atoms with Gasteiger partial charge < -0.3 is 25.4 Å². The third-order valence-electron chi connectivity index (χ3n) is 6.48. The molecule has 4 rings (SSSR count). The van der Waals surface area contributed by atoms with Crippen LogP contribution in [-0.2, 0) is 19.1 Å². The predicted octanol–water partition coefficient (Wildman–Crippen LogP) is 2.50. The van der Waals surface area contributed by atoms with Gasteiger partial charge in [0.2, 0.25) is 11.8 Å². The molecular formula is C26H29N3O6. The predicted molar refractivity (Wildman–Crippen MR) is 128 cm³/mol. The number of hydrogen-bond acceptors (Lipinski definition) is 5. The minimum absolute atomic E-state index is 0.0329. The van der Waals surface area contributed by atoms with E-state index >= 15 is 0 Å². The molecular weight excluding hydrogens is 450 g/mol. The van der Waals surface area contributed by atoms with Crippen LogP contribution in [0.25, 0.3) is 11.1 Å². The van der Waals surface area contributed by atoms with E-state index < -0.39 is 36.5 Å². The fourth-order valence-electron chi connectivity index (χ4n) is 4.75. The molecule has 1 aliphatic heterocycles. The zero-order chi connectivity index (χ0) is 24.9. The van der Waals surface area contributed by atoms with E-state index in [2.05, 4.69) is 10.6 Å². The zero-order valence-corrected chi connectivity index (χ0v) is 19.5. The number of carboxylic acid groups (broad SMARTS) is 1. The normalized spacial score (nSPS) is 16.1. The average molecular weight is 480 g/mol. The molecule has 0 saturated carbocycles. The van der Waals surface area contributed by atoms with Gasteiger partial charge in [0.05, 0.1) is 6.42 Å². The lowest BCUT2D eigenvalue weighted by molar-refractivity contribution is -0.140. The van der Waals surface area contributed by atoms with Crippen LogP contribution in [0.4, 0.5) is 4.79 Å². The second kappa shape index (κ2) is 10.6. The quantitative estimate of drug-likeness (QED) is 0.534. The summed E-state index contributed by atoms with van der Waals surface area (Å²) >= 11 is 0. The van der Waals surface area contributed by atoms with Gasteiger partial charge in [-0.1, -0.05) is 48.5 Å². The summed E-state index contributed by atoms with van der Waals surface area (Å²) in [6.45, 7) is 2.85. The maximum absolute atomic E-state index is 12.7. The second-order valence-electron chi connectivity index (χ2n) is 8.88. The molecule has 184 valence electrons. The van der Waals surface area contributed by atoms with Crippen LogP contribution in [0.5, 0.6) is 0 Å². The number of carboxylic acids is 1. The number of aliphatic carboxylic acids is 1. The third kappa shape index (κ3) is 5.45. The highest BCUT2D eigenvalue weighted by atomic mass is 16.5. The number of ether oxygens (including phenoxy) is 1. The molecule has 9 heteroatoms. The number of carbonyl (C=O) groups excluding carboxylic acids is 3. The Morgan fingerprint density at radius 2 is 1.54 bits per heavy atom. The van der Waals surface area contributed by atoms with E-state index in [1.54, 1.807) is 11.8 Å². The van der Waals surface area contributed by atoms with Gasteiger partial charge in [-0.05, 0) is 42.0 Å². The molecule has 3 amide bonds. The largest absolute Gasteiger partial charge is 0.481 e. The Morgan fingerprint density at radius 1 is 0.971 bits per heavy atom. The van der Waals surface area contributed by atoms with Crippen molar-refractivity contribution in [2.24, 2.45) is 0 Å². The number of carbonyl (C=O) groups is 4. The summed E-state index contributed by atoms with van der Waals surface area (Å²) in [5.41, 5.74) is 4.24. The second-order valence-corrected chi connectivity index (χ2v) is 8.88. The third-order valence-corrected chi connectivity index (χ3v) is 6.48. The van der Waals surface area contributed by atoms with Crippen molar-refractivity contribution in [3.8, 4) is 11.1 Å². The molecule has 1 heterocycles. The van der Waals surface area contributed by atoms with Crippen LogP contribution in [0.3, 0.4) is 0 Å². The highest BCUT2D eigenvalue weighted by molar-refractivity contribution is 5.93. The Bertz CT molecular complexity index is 1080. The van der Waals surface area contributed by atoms with Crippen LogP contribution >= 0.6 is 0 Å². The fraction of sp³-hybridized carbons (Fsp3) is 0.385. The number of likely N-dealkylation sites (tertiary alicyclic amines) is 1. The Balaban J connectivity index is 1.38. The molecule has 2 unspecified atom stereocenters. The van der Waals surface area contributed by atoms with Crippen molar-refractivity contribution in [1.82, 2.24) is 15.5 Å². The van der Waals surface area contributed by atoms with Crippen LogP contribution in [0.15, 0.2) is 48.5 Å². The average Bonchev–Trinajstić information content (AvgIpc) is 3.48. The van der Waals surface area contributed by atoms with Crippen LogP contribution in [0.1, 0.15) is 43.2 Å². The lowest BCUT2D eigenvalue weighted by Gasteiger charge is -2.23. The summed E-state index contributed by atoms with van der Waals surface area (Å²) in [5.74, 6) is -2.41. The molecule has 2 atom stereocenters. The first-order chi connectivity index (χ1) is 16.8. The van der Waals surface area contributed by atoms with Gasteiger partial charge in [0.15, 0.2) is 0 Å². The highest BCUT2D eigenvalue weighted by Gasteiger charge is 2.32. The Hall–Kier alpha value is -3.88. The number of rotatable bonds is 8. The number of benzene rings is 2. The molecule has 2 aliphatic rings. The maximum Gasteiger partial charge on any atom is 0.407 e. The van der Waals surface area contributed by atoms with E-state index in [0.717, 1.165) is 35.1 Å². The van der Waals surface area contributed by atoms with E-state index in [1.807, 2.05) is 48.5 Å². The molecule has 9 nitrogen and oxygen atoms in total. The van der Waals surface area contributed by atoms with Crippen molar-refractivity contribution in [2.45, 2.75) is 44.2 Å². The smallest absolute Gasteiger partial charge is 0.407 e. The first kappa shape index (κ1) is 24.3. The van der Waals surface area contributed by atoms with Crippen molar-refractivity contribution < 1.29 is 29.0 Å². The number of nitrogens with zero attached hydrogens (tertiary/aromatic N) is 1. The summed E-state index contributed by atoms with van der Waals surface area (Å²) in [6, 6.07) is 13.6. The summed E-state index contributed by atoms with van der Waals surface area (Å²) in [7, 11) is 0. The lowest BCUT2D eigenvalue weighted by Crippen LogP contribution is -2.53. The lowest BCUT2D eigenvalue weighted by atomic mass is 9.98. The van der Waals surface area contributed by atoms with Gasteiger partial charge in [-0.3, -0.25) is 14.4 Å². The van der Waals surface area contributed by atoms with Crippen LogP contribution in [0, 0.1) is 0 Å². The van der Waals surface area contributed by atoms with Gasteiger partial charge in [0.1, 0.15) is 18.7 Å². The highest BCUT2D eigenvalue weighted by Crippen LogP contribution is 2.44. The molecule has 1 aliphatic carbocycles. The minimum atomic E-state index is -1.38. The van der Waals surface area contributed by atoms with Crippen molar-refractivity contribution >= 4 is 23.9 Å². The topological polar surface area (TPSA) is 125 Å². The van der Waals surface area contributed by atoms with Crippen molar-refractivity contribution in [3.63, 3.8) is 0 Å². The standard InChI is InChI=1S/C26H29N3O6/c1-16(25(33)29-12-6-7-13-29)27-24(32)22(14-23(30)31)28-26(34)35-15-21-19-10-4-2-8-17(19)18-9-3-5-11-20(18)21/h2-5,8-11,16,21-22H,6-7,12-15H2,1H3,(H,27,32)(H,28,34)(H,30,31). The fourth-order valence-corrected chi connectivity index (χ4v) is 4.75. The van der Waals surface area contributed by atoms with Gasteiger partial charge in [0.25, 0.3) is 0 Å². The van der Waals surface area contributed by atoms with Gasteiger partial charge in [-0.25, -0.2) is 4.79 Å². The number of hydrogen-bond donors (Lipinski definition) is 3. The van der Waals surface area contributed by atoms with Crippen molar-refractivity contribution in [1.29, 1.82) is 0 Å². The van der Waals surface area contributed by atoms with E-state index in [-0.39, 0.29) is 18.4 Å². The van der Waals surface area contributed by atoms with E-state index in [1.165, 1.54) is 0 Å². The molecule has 0 bridgehead atoms. The Morgan fingerprint density at radius 3 is 2.11 bits per heavy atom. The first-order valence-electron chi connectivity index (χ1n) is 11.8. The summed E-state index contributed by atoms with van der Waals surface area (Å²) in [5, 5.41) is 14.1. The first-order valence-corrected chi connectivity index (χ1v) is 11.8. The number of amides is 3. The van der Waals surface area contributed by atoms with Crippen molar-refractivity contribution in [3.05, 3.63) is 59.7 Å². The maximum atomic E-state index is 12.7. The molecule has 0 aromatic heterocycles.